The molecule has 1 unspecified atom stereocenters. The van der Waals surface area contributed by atoms with E-state index in [1.165, 1.54) is 18.2 Å². The molecule has 0 saturated carbocycles. The van der Waals surface area contributed by atoms with Gasteiger partial charge in [-0.25, -0.2) is 4.39 Å². The van der Waals surface area contributed by atoms with Gasteiger partial charge in [0.2, 0.25) is 0 Å². The molecule has 1 aromatic carbocycles. The van der Waals surface area contributed by atoms with Gasteiger partial charge in [0.05, 0.1) is 12.7 Å². The summed E-state index contributed by atoms with van der Waals surface area (Å²) in [4.78, 5) is 11.9. The molecule has 0 heterocycles. The lowest BCUT2D eigenvalue weighted by Crippen LogP contribution is -2.35. The minimum Gasteiger partial charge on any atom is -0.389 e. The van der Waals surface area contributed by atoms with Crippen molar-refractivity contribution in [1.82, 2.24) is 5.32 Å². The Labute approximate surface area is 119 Å². The van der Waals surface area contributed by atoms with E-state index in [9.17, 15) is 14.3 Å². The van der Waals surface area contributed by atoms with Crippen LogP contribution in [0.25, 0.3) is 0 Å². The number of halogens is 1. The van der Waals surface area contributed by atoms with E-state index < -0.39 is 6.10 Å². The van der Waals surface area contributed by atoms with Crippen molar-refractivity contribution in [1.29, 1.82) is 0 Å². The second-order valence-electron chi connectivity index (χ2n) is 5.25. The molecule has 0 aromatic heterocycles. The van der Waals surface area contributed by atoms with E-state index in [-0.39, 0.29) is 24.9 Å². The Balaban J connectivity index is 2.39. The van der Waals surface area contributed by atoms with Crippen LogP contribution in [0.15, 0.2) is 18.2 Å². The highest BCUT2D eigenvalue weighted by Crippen LogP contribution is 2.09. The summed E-state index contributed by atoms with van der Waals surface area (Å²) in [6.07, 6.45) is -0.751. The predicted octanol–water partition coefficient (Wildman–Crippen LogP) is 1.90. The van der Waals surface area contributed by atoms with Gasteiger partial charge >= 0.3 is 0 Å². The standard InChI is InChI=1S/C15H22FNO3/c1-10(2)8-20-9-13(18)7-17-15(19)14-5-4-12(16)6-11(14)3/h4-6,10,13,18H,7-9H2,1-3H3,(H,17,19). The second kappa shape index (κ2) is 7.97. The number of rotatable bonds is 7. The van der Waals surface area contributed by atoms with Crippen molar-refractivity contribution in [3.63, 3.8) is 0 Å². The maximum Gasteiger partial charge on any atom is 0.251 e. The first-order valence-corrected chi connectivity index (χ1v) is 6.70. The number of aryl methyl sites for hydroxylation is 1. The van der Waals surface area contributed by atoms with Crippen LogP contribution in [0.2, 0.25) is 0 Å². The fourth-order valence-corrected chi connectivity index (χ4v) is 1.69. The molecule has 4 nitrogen and oxygen atoms in total. The number of aliphatic hydroxyl groups is 1. The molecule has 0 aliphatic heterocycles. The smallest absolute Gasteiger partial charge is 0.251 e. The number of carbonyl (C=O) groups is 1. The Morgan fingerprint density at radius 3 is 2.70 bits per heavy atom. The number of hydrogen-bond donors (Lipinski definition) is 2. The summed E-state index contributed by atoms with van der Waals surface area (Å²) >= 11 is 0. The molecule has 0 aliphatic carbocycles. The fourth-order valence-electron chi connectivity index (χ4n) is 1.69. The normalized spacial score (nSPS) is 12.5. The van der Waals surface area contributed by atoms with Crippen molar-refractivity contribution in [3.05, 3.63) is 35.1 Å². The van der Waals surface area contributed by atoms with Gasteiger partial charge in [0.15, 0.2) is 0 Å². The lowest BCUT2D eigenvalue weighted by atomic mass is 10.1. The predicted molar refractivity (Wildman–Crippen MR) is 75.1 cm³/mol. The molecule has 1 rings (SSSR count). The van der Waals surface area contributed by atoms with Gasteiger partial charge in [0.25, 0.3) is 5.91 Å². The van der Waals surface area contributed by atoms with Gasteiger partial charge in [0, 0.05) is 18.7 Å². The van der Waals surface area contributed by atoms with Crippen LogP contribution < -0.4 is 5.32 Å². The van der Waals surface area contributed by atoms with Crippen molar-refractivity contribution in [2.45, 2.75) is 26.9 Å². The van der Waals surface area contributed by atoms with Crippen LogP contribution in [-0.2, 0) is 4.74 Å². The first kappa shape index (κ1) is 16.6. The number of hydrogen-bond acceptors (Lipinski definition) is 3. The quantitative estimate of drug-likeness (QED) is 0.803. The average Bonchev–Trinajstić information content (AvgIpc) is 2.35. The van der Waals surface area contributed by atoms with Crippen molar-refractivity contribution in [2.75, 3.05) is 19.8 Å². The van der Waals surface area contributed by atoms with Crippen LogP contribution in [0.3, 0.4) is 0 Å². The summed E-state index contributed by atoms with van der Waals surface area (Å²) in [6.45, 7) is 6.56. The number of amides is 1. The molecule has 0 spiro atoms. The molecule has 0 bridgehead atoms. The third-order valence-corrected chi connectivity index (χ3v) is 2.69. The van der Waals surface area contributed by atoms with Gasteiger partial charge in [0.1, 0.15) is 5.82 Å². The van der Waals surface area contributed by atoms with E-state index in [4.69, 9.17) is 4.74 Å². The molecule has 20 heavy (non-hydrogen) atoms. The van der Waals surface area contributed by atoms with Gasteiger partial charge < -0.3 is 15.2 Å². The summed E-state index contributed by atoms with van der Waals surface area (Å²) in [5, 5.41) is 12.3. The van der Waals surface area contributed by atoms with Crippen molar-refractivity contribution in [3.8, 4) is 0 Å². The average molecular weight is 283 g/mol. The summed E-state index contributed by atoms with van der Waals surface area (Å²) in [6, 6.07) is 3.98. The number of nitrogens with one attached hydrogen (secondary N) is 1. The number of carbonyl (C=O) groups excluding carboxylic acids is 1. The van der Waals surface area contributed by atoms with Gasteiger partial charge in [-0.2, -0.15) is 0 Å². The van der Waals surface area contributed by atoms with Crippen LogP contribution in [0, 0.1) is 18.7 Å². The molecule has 0 aliphatic rings. The molecular weight excluding hydrogens is 261 g/mol. The molecule has 1 amide bonds. The van der Waals surface area contributed by atoms with Crippen molar-refractivity contribution >= 4 is 5.91 Å². The second-order valence-corrected chi connectivity index (χ2v) is 5.25. The van der Waals surface area contributed by atoms with Gasteiger partial charge in [-0.15, -0.1) is 0 Å². The van der Waals surface area contributed by atoms with Crippen molar-refractivity contribution in [2.24, 2.45) is 5.92 Å². The van der Waals surface area contributed by atoms with E-state index >= 15 is 0 Å². The van der Waals surface area contributed by atoms with E-state index in [0.29, 0.717) is 23.7 Å². The van der Waals surface area contributed by atoms with Crippen molar-refractivity contribution < 1.29 is 19.0 Å². The highest BCUT2D eigenvalue weighted by atomic mass is 19.1. The SMILES string of the molecule is Cc1cc(F)ccc1C(=O)NCC(O)COCC(C)C. The third-order valence-electron chi connectivity index (χ3n) is 2.69. The number of ether oxygens (including phenoxy) is 1. The van der Waals surface area contributed by atoms with E-state index in [0.717, 1.165) is 0 Å². The first-order chi connectivity index (χ1) is 9.40. The van der Waals surface area contributed by atoms with E-state index in [1.807, 2.05) is 13.8 Å². The molecule has 0 radical (unpaired) electrons. The Bertz CT molecular complexity index is 449. The molecule has 2 N–H and O–H groups in total. The van der Waals surface area contributed by atoms with Gasteiger partial charge in [-0.1, -0.05) is 13.8 Å². The molecule has 5 heteroatoms. The Kier molecular flexibility index (Phi) is 6.61. The highest BCUT2D eigenvalue weighted by molar-refractivity contribution is 5.95. The zero-order chi connectivity index (χ0) is 15.1. The molecular formula is C15H22FNO3. The van der Waals surface area contributed by atoms with Crippen LogP contribution >= 0.6 is 0 Å². The van der Waals surface area contributed by atoms with Crippen LogP contribution in [0.5, 0.6) is 0 Å². The largest absolute Gasteiger partial charge is 0.389 e. The minimum absolute atomic E-state index is 0.105. The van der Waals surface area contributed by atoms with Gasteiger partial charge in [-0.3, -0.25) is 4.79 Å². The zero-order valence-electron chi connectivity index (χ0n) is 12.1. The summed E-state index contributed by atoms with van der Waals surface area (Å²) in [5.41, 5.74) is 0.967. The molecule has 0 saturated heterocycles. The maximum absolute atomic E-state index is 12.9. The number of aliphatic hydroxyl groups excluding tert-OH is 1. The van der Waals surface area contributed by atoms with Crippen LogP contribution in [0.4, 0.5) is 4.39 Å². The Morgan fingerprint density at radius 2 is 2.10 bits per heavy atom. The van der Waals surface area contributed by atoms with Gasteiger partial charge in [-0.05, 0) is 36.6 Å². The Hall–Kier alpha value is -1.46. The Morgan fingerprint density at radius 1 is 1.40 bits per heavy atom. The summed E-state index contributed by atoms with van der Waals surface area (Å²) in [5.74, 6) is -0.301. The van der Waals surface area contributed by atoms with Crippen LogP contribution in [-0.4, -0.2) is 36.9 Å². The minimum atomic E-state index is -0.751. The zero-order valence-corrected chi connectivity index (χ0v) is 12.1. The lowest BCUT2D eigenvalue weighted by Gasteiger charge is -2.14. The maximum atomic E-state index is 12.9. The van der Waals surface area contributed by atoms with Crippen LogP contribution in [0.1, 0.15) is 29.8 Å². The third kappa shape index (κ3) is 5.67. The summed E-state index contributed by atoms with van der Waals surface area (Å²) < 4.78 is 18.2. The molecule has 1 aromatic rings. The molecule has 112 valence electrons. The fraction of sp³-hybridized carbons (Fsp3) is 0.533. The van der Waals surface area contributed by atoms with E-state index in [2.05, 4.69) is 5.32 Å². The molecule has 0 fully saturated rings. The van der Waals surface area contributed by atoms with E-state index in [1.54, 1.807) is 6.92 Å². The summed E-state index contributed by atoms with van der Waals surface area (Å²) in [7, 11) is 0. The highest BCUT2D eigenvalue weighted by Gasteiger charge is 2.12. The number of benzene rings is 1. The first-order valence-electron chi connectivity index (χ1n) is 6.70. The lowest BCUT2D eigenvalue weighted by molar-refractivity contribution is 0.0259. The topological polar surface area (TPSA) is 58.6 Å². The molecule has 1 atom stereocenters. The monoisotopic (exact) mass is 283 g/mol.